The van der Waals surface area contributed by atoms with Gasteiger partial charge in [0.25, 0.3) is 17.4 Å². The molecule has 7 aliphatic rings. The predicted molar refractivity (Wildman–Crippen MR) is 453 cm³/mol. The second-order valence-corrected chi connectivity index (χ2v) is 33.7. The summed E-state index contributed by atoms with van der Waals surface area (Å²) in [5.41, 5.74) is 2.96. The number of rotatable bonds is 17. The van der Waals surface area contributed by atoms with Gasteiger partial charge in [0, 0.05) is 59.6 Å². The Bertz CT molecular complexity index is 5090. The fraction of sp³-hybridized carbons (Fsp3) is 0.570. The molecule has 1 aromatic heterocycles. The monoisotopic (exact) mass is 1760 g/mol. The smallest absolute Gasteiger partial charge is 0.329 e. The molecule has 5 saturated heterocycles. The van der Waals surface area contributed by atoms with E-state index in [2.05, 4.69) is 26.6 Å². The Kier molecular flexibility index (Phi) is 33.7. The molecule has 10 N–H and O–H groups in total. The van der Waals surface area contributed by atoms with Crippen LogP contribution in [0.4, 0.5) is 10.1 Å². The Balaban J connectivity index is 0.000000447. The average molecular weight is 1760 g/mol. The molecule has 39 nitrogen and oxygen atoms in total. The maximum Gasteiger partial charge on any atom is 0.329 e. The molecular formula is C86H117FN16O23. The van der Waals surface area contributed by atoms with Gasteiger partial charge in [-0.25, -0.2) is 24.2 Å². The number of fused-ring (bicyclic) bond motifs is 4. The number of likely N-dealkylation sites (N-methyl/N-ethyl adjacent to an activating group) is 4. The number of aryl methyl sites for hydroxylation is 2. The van der Waals surface area contributed by atoms with Crippen LogP contribution in [0.1, 0.15) is 165 Å². The molecule has 0 radical (unpaired) electrons. The lowest BCUT2D eigenvalue weighted by molar-refractivity contribution is -0.163. The molecule has 0 unspecified atom stereocenters. The van der Waals surface area contributed by atoms with E-state index in [1.54, 1.807) is 81.1 Å². The molecule has 11 amide bonds. The van der Waals surface area contributed by atoms with Gasteiger partial charge in [0.15, 0.2) is 11.3 Å². The van der Waals surface area contributed by atoms with Crippen LogP contribution in [-0.4, -0.2) is 289 Å². The van der Waals surface area contributed by atoms with Gasteiger partial charge < -0.3 is 90.0 Å². The zero-order chi connectivity index (χ0) is 93.6. The number of hydrogen-bond donors (Lipinski definition) is 9. The molecule has 10 rings (SSSR count). The van der Waals surface area contributed by atoms with E-state index in [0.717, 1.165) is 15.4 Å². The summed E-state index contributed by atoms with van der Waals surface area (Å²) in [4.78, 5) is 261. The number of nitrogens with two attached hydrogens (primary N) is 1. The van der Waals surface area contributed by atoms with Gasteiger partial charge in [-0.05, 0) is 134 Å². The molecule has 0 bridgehead atoms. The van der Waals surface area contributed by atoms with Crippen molar-refractivity contribution in [2.75, 3.05) is 73.3 Å². The maximum atomic E-state index is 15.2. The Hall–Kier alpha value is -12.5. The van der Waals surface area contributed by atoms with Gasteiger partial charge in [0.05, 0.1) is 42.6 Å². The molecule has 1 aliphatic carbocycles. The van der Waals surface area contributed by atoms with Crippen molar-refractivity contribution in [1.82, 2.24) is 75.8 Å². The van der Waals surface area contributed by atoms with Gasteiger partial charge in [-0.3, -0.25) is 77.4 Å². The number of H-pyrrole nitrogens is 2. The summed E-state index contributed by atoms with van der Waals surface area (Å²) in [6.07, 6.45) is 1.35. The van der Waals surface area contributed by atoms with Crippen molar-refractivity contribution < 1.29 is 100 Å². The van der Waals surface area contributed by atoms with Crippen LogP contribution in [0.5, 0.6) is 0 Å². The number of aliphatic carboxylic acids is 1. The van der Waals surface area contributed by atoms with E-state index in [0.29, 0.717) is 56.8 Å². The summed E-state index contributed by atoms with van der Waals surface area (Å²) in [7, 11) is 5.59. The third kappa shape index (κ3) is 23.0. The second-order valence-electron chi connectivity index (χ2n) is 33.7. The first-order valence-corrected chi connectivity index (χ1v) is 42.1. The van der Waals surface area contributed by atoms with Gasteiger partial charge in [0.1, 0.15) is 83.8 Å². The molecule has 3 aromatic rings. The van der Waals surface area contributed by atoms with Gasteiger partial charge >= 0.3 is 29.6 Å². The average Bonchev–Trinajstić information content (AvgIpc) is 1.51. The van der Waals surface area contributed by atoms with Gasteiger partial charge in [-0.15, -0.1) is 0 Å². The summed E-state index contributed by atoms with van der Waals surface area (Å²) < 4.78 is 35.4. The molecule has 5 fully saturated rings. The minimum absolute atomic E-state index is 0.0763. The van der Waals surface area contributed by atoms with E-state index in [9.17, 15) is 86.2 Å². The third-order valence-corrected chi connectivity index (χ3v) is 23.1. The number of aromatic nitrogens is 3. The normalized spacial score (nSPS) is 23.4. The number of carbonyl (C=O) groups excluding carboxylic acids is 14. The van der Waals surface area contributed by atoms with E-state index in [1.807, 2.05) is 35.3 Å². The number of hydrogen-bond acceptors (Lipinski definition) is 25. The van der Waals surface area contributed by atoms with E-state index in [-0.39, 0.29) is 66.4 Å². The second kappa shape index (κ2) is 42.9. The van der Waals surface area contributed by atoms with Crippen molar-refractivity contribution in [2.24, 2.45) is 23.7 Å². The molecule has 2 aromatic carbocycles. The predicted octanol–water partition coefficient (Wildman–Crippen LogP) is 1.53. The summed E-state index contributed by atoms with van der Waals surface area (Å²) in [5, 5.41) is 23.0. The lowest BCUT2D eigenvalue weighted by atomic mass is 9.98. The quantitative estimate of drug-likeness (QED) is 0.0276. The number of carboxylic acids is 1. The zero-order valence-electron chi connectivity index (χ0n) is 74.3. The van der Waals surface area contributed by atoms with Crippen LogP contribution < -0.4 is 49.0 Å². The molecule has 40 heteroatoms. The van der Waals surface area contributed by atoms with E-state index in [4.69, 9.17) is 29.3 Å². The number of carboxylic acid groups (broad SMARTS) is 1. The molecule has 686 valence electrons. The fourth-order valence-corrected chi connectivity index (χ4v) is 16.0. The first kappa shape index (κ1) is 98.9. The number of halogens is 1. The van der Waals surface area contributed by atoms with E-state index >= 15 is 9.59 Å². The molecule has 7 heterocycles. The molecule has 0 saturated carbocycles. The van der Waals surface area contributed by atoms with Crippen molar-refractivity contribution in [3.05, 3.63) is 113 Å². The molecule has 6 aliphatic heterocycles. The summed E-state index contributed by atoms with van der Waals surface area (Å²) in [6.45, 7) is 22.5. The number of aromatic amines is 2. The van der Waals surface area contributed by atoms with Crippen molar-refractivity contribution in [3.63, 3.8) is 0 Å². The highest BCUT2D eigenvalue weighted by molar-refractivity contribution is 6.11. The number of anilines is 1. The van der Waals surface area contributed by atoms with Crippen molar-refractivity contribution in [1.29, 1.82) is 0 Å². The van der Waals surface area contributed by atoms with Crippen molar-refractivity contribution in [3.8, 4) is 11.5 Å². The number of amides is 11. The lowest BCUT2D eigenvalue weighted by Gasteiger charge is -2.36. The molecule has 126 heavy (non-hydrogen) atoms. The number of esters is 3. The molecule has 13 atom stereocenters. The summed E-state index contributed by atoms with van der Waals surface area (Å²) in [6, 6.07) is -0.210. The first-order valence-electron chi connectivity index (χ1n) is 42.1. The van der Waals surface area contributed by atoms with Gasteiger partial charge in [-0.1, -0.05) is 91.8 Å². The van der Waals surface area contributed by atoms with Gasteiger partial charge in [-0.2, -0.15) is 4.39 Å². The Morgan fingerprint density at radius 2 is 1.14 bits per heavy atom. The highest BCUT2D eigenvalue weighted by Crippen LogP contribution is 2.36. The molecule has 0 spiro atoms. The number of nitrogens with one attached hydrogen (secondary N) is 7. The number of nitrogen functional groups attached to an aromatic ring is 1. The Morgan fingerprint density at radius 1 is 0.651 bits per heavy atom. The highest BCUT2D eigenvalue weighted by Gasteiger charge is 2.48. The zero-order valence-corrected chi connectivity index (χ0v) is 74.3. The number of likely N-dealkylation sites (tertiary alicyclic amines) is 1. The highest BCUT2D eigenvalue weighted by atomic mass is 19.1. The van der Waals surface area contributed by atoms with Crippen LogP contribution >= 0.6 is 0 Å². The largest absolute Gasteiger partial charge is 0.480 e. The van der Waals surface area contributed by atoms with Crippen LogP contribution in [0.25, 0.3) is 22.6 Å². The van der Waals surface area contributed by atoms with Crippen molar-refractivity contribution in [2.45, 2.75) is 227 Å². The first-order chi connectivity index (χ1) is 59.2. The molecular weight excluding hydrogens is 1640 g/mol. The Labute approximate surface area is 727 Å². The van der Waals surface area contributed by atoms with Crippen LogP contribution in [0.15, 0.2) is 67.5 Å². The number of benzene rings is 3. The Morgan fingerprint density at radius 3 is 1.60 bits per heavy atom. The fourth-order valence-electron chi connectivity index (χ4n) is 16.0. The van der Waals surface area contributed by atoms with E-state index < -0.39 is 238 Å². The van der Waals surface area contributed by atoms with Crippen LogP contribution in [0.2, 0.25) is 0 Å². The minimum atomic E-state index is -1.88. The number of cyclic esters (lactones) is 2. The SMILES string of the molecule is CCOC(=O)[C@H](CCc1ccccc1)N[C@@H](C)C(=O)N1CCC[C@H]1C(=O)O.Cc1c2oc3c(C)ccc(C(=O)N[C@@H]4C(=O)N[C@H](C(C)C)C(=O)N5CCC[C@H]5C(=O)N(C)CC(=O)N(C)[C@@H](C(C)C)C(=O)O[C@@H]4C)c3nc-2c(C(=O)N[C@@H]2C(=O)N[C@H](C(C)C)C(=O)N3CCC[C@H]3C(=O)N(C)CC(=O)N(C)[C@@H](C(C)C)C(=O)O[C@@H]2C)c(N)c1=O.O=c1[nH]cc(F)c(=O)[nH]1. The minimum Gasteiger partial charge on any atom is -0.480 e. The van der Waals surface area contributed by atoms with Crippen molar-refractivity contribution >= 4 is 106 Å². The van der Waals surface area contributed by atoms with Gasteiger partial charge in [0.2, 0.25) is 64.4 Å². The number of carbonyl (C=O) groups is 15. The van der Waals surface area contributed by atoms with E-state index in [1.165, 1.54) is 85.6 Å². The standard InChI is InChI=1S/C62H86N12O16.C20H28N2O5.C4H3FN2O2/c1-27(2)42-59(84)73-23-17-19-36(73)57(82)69(13)25-38(75)71(15)48(29(5)6)61(86)88-33(11)44(55(80)65-42)67-53(78)35-22-21-31(9)51-46(35)64-47-40(41(63)50(77)32(10)52(47)90-51)54(79)68-45-34(12)89-62(87)49(30(7)8)72(16)39(76)26-70(14)58(83)37-20-18-24-74(37)60(85)43(28(3)4)66-56(45)81;1-3-27-20(26)16(12-11-15-8-5-4-6-9-15)21-14(2)18(23)22-13-7-10-17(22)19(24)25;5-2-1-6-4(9)7-3(2)8/h21-22,27-30,33-34,36-37,42-45,48-49H,17-20,23-26,63H2,1-16H3,(H,65,80)(H,66,81)(H,67,78)(H,68,79);4-6,8-9,14,16-17,21H,3,7,10-13H2,1-2H3,(H,24,25);1H,(H2,6,7,8,9)/t33-,34-,36+,37+,42-,43-,44+,45+,48+,49+;14-,16-,17-;/m10./s1. The lowest BCUT2D eigenvalue weighted by Crippen LogP contribution is -2.61. The summed E-state index contributed by atoms with van der Waals surface area (Å²) in [5.74, 6) is -15.0. The summed E-state index contributed by atoms with van der Waals surface area (Å²) >= 11 is 0. The topological polar surface area (TPSA) is 522 Å². The maximum absolute atomic E-state index is 15.2. The van der Waals surface area contributed by atoms with Crippen LogP contribution in [0, 0.1) is 43.3 Å². The number of nitrogens with zero attached hydrogens (tertiary/aromatic N) is 8. The number of ether oxygens (including phenoxy) is 3. The van der Waals surface area contributed by atoms with Crippen LogP contribution in [0.3, 0.4) is 0 Å². The van der Waals surface area contributed by atoms with Crippen LogP contribution in [-0.2, 0) is 83.0 Å². The third-order valence-electron chi connectivity index (χ3n) is 23.1.